The minimum atomic E-state index is 0.920. The van der Waals surface area contributed by atoms with Gasteiger partial charge in [0, 0.05) is 16.5 Å². The zero-order valence-corrected chi connectivity index (χ0v) is 13.0. The van der Waals surface area contributed by atoms with Gasteiger partial charge in [-0.1, -0.05) is 48.5 Å². The zero-order chi connectivity index (χ0) is 15.7. The Morgan fingerprint density at radius 2 is 1.75 bits per heavy atom. The predicted molar refractivity (Wildman–Crippen MR) is 94.9 cm³/mol. The topological polar surface area (TPSA) is 21.9 Å². The monoisotopic (exact) mass is 308 g/mol. The van der Waals surface area contributed by atoms with E-state index in [9.17, 15) is 0 Å². The zero-order valence-electron chi connectivity index (χ0n) is 13.0. The molecule has 6 rings (SSSR count). The summed E-state index contributed by atoms with van der Waals surface area (Å²) in [6.07, 6.45) is 4.11. The molecule has 0 spiro atoms. The van der Waals surface area contributed by atoms with Gasteiger partial charge < -0.3 is 0 Å². The molecule has 0 radical (unpaired) electrons. The van der Waals surface area contributed by atoms with E-state index in [1.165, 1.54) is 38.6 Å². The molecule has 0 bridgehead atoms. The van der Waals surface area contributed by atoms with Crippen molar-refractivity contribution in [3.8, 4) is 11.3 Å². The lowest BCUT2D eigenvalue weighted by molar-refractivity contribution is -0.481. The predicted octanol–water partition coefficient (Wildman–Crippen LogP) is 3.96. The summed E-state index contributed by atoms with van der Waals surface area (Å²) in [6.45, 7) is 0.920. The van der Waals surface area contributed by atoms with Crippen LogP contribution in [0.3, 0.4) is 0 Å². The maximum Gasteiger partial charge on any atom is 0.275 e. The van der Waals surface area contributed by atoms with Crippen LogP contribution in [-0.2, 0) is 6.54 Å². The average Bonchev–Trinajstić information content (AvgIpc) is 3.20. The van der Waals surface area contributed by atoms with Crippen LogP contribution in [0.15, 0.2) is 73.1 Å². The van der Waals surface area contributed by atoms with Crippen molar-refractivity contribution in [2.45, 2.75) is 6.54 Å². The fourth-order valence-electron chi connectivity index (χ4n) is 4.10. The van der Waals surface area contributed by atoms with Crippen LogP contribution in [0.5, 0.6) is 0 Å². The summed E-state index contributed by atoms with van der Waals surface area (Å²) >= 11 is 0. The van der Waals surface area contributed by atoms with E-state index in [1.807, 2.05) is 12.3 Å². The number of nitrogens with zero attached hydrogens (tertiary/aromatic N) is 3. The van der Waals surface area contributed by atoms with Crippen molar-refractivity contribution in [1.29, 1.82) is 0 Å². The van der Waals surface area contributed by atoms with Crippen molar-refractivity contribution in [1.82, 2.24) is 9.55 Å². The first-order chi connectivity index (χ1) is 11.9. The van der Waals surface area contributed by atoms with Gasteiger partial charge in [-0.05, 0) is 12.1 Å². The third-order valence-electron chi connectivity index (χ3n) is 5.10. The second-order valence-corrected chi connectivity index (χ2v) is 6.37. The molecule has 3 aromatic heterocycles. The number of aromatic nitrogens is 3. The van der Waals surface area contributed by atoms with Gasteiger partial charge in [-0.2, -0.15) is 4.40 Å². The largest absolute Gasteiger partial charge is 0.275 e. The Morgan fingerprint density at radius 1 is 0.875 bits per heavy atom. The van der Waals surface area contributed by atoms with E-state index in [4.69, 9.17) is 0 Å². The Labute approximate surface area is 138 Å². The van der Waals surface area contributed by atoms with Crippen LogP contribution in [-0.4, -0.2) is 9.55 Å². The van der Waals surface area contributed by atoms with Crippen LogP contribution < -0.4 is 4.40 Å². The summed E-state index contributed by atoms with van der Waals surface area (Å²) in [6, 6.07) is 21.4. The van der Waals surface area contributed by atoms with Crippen molar-refractivity contribution in [3.05, 3.63) is 78.6 Å². The molecule has 4 heterocycles. The van der Waals surface area contributed by atoms with Gasteiger partial charge >= 0.3 is 0 Å². The van der Waals surface area contributed by atoms with Gasteiger partial charge in [-0.3, -0.25) is 4.57 Å². The highest BCUT2D eigenvalue weighted by Gasteiger charge is 2.29. The van der Waals surface area contributed by atoms with Crippen molar-refractivity contribution in [3.63, 3.8) is 0 Å². The van der Waals surface area contributed by atoms with E-state index < -0.39 is 0 Å². The first-order valence-electron chi connectivity index (χ1n) is 8.20. The van der Waals surface area contributed by atoms with E-state index in [1.54, 1.807) is 0 Å². The van der Waals surface area contributed by atoms with Gasteiger partial charge in [0.2, 0.25) is 5.65 Å². The van der Waals surface area contributed by atoms with Crippen molar-refractivity contribution >= 4 is 27.5 Å². The fraction of sp³-hybridized carbons (Fsp3) is 0.0476. The summed E-state index contributed by atoms with van der Waals surface area (Å²) in [7, 11) is 0. The van der Waals surface area contributed by atoms with E-state index in [-0.39, 0.29) is 0 Å². The maximum absolute atomic E-state index is 4.68. The van der Waals surface area contributed by atoms with Crippen LogP contribution >= 0.6 is 0 Å². The van der Waals surface area contributed by atoms with Crippen LogP contribution in [0.1, 0.15) is 5.56 Å². The quantitative estimate of drug-likeness (QED) is 0.333. The highest BCUT2D eigenvalue weighted by Crippen LogP contribution is 2.36. The Kier molecular flexibility index (Phi) is 2.15. The number of benzene rings is 2. The minimum absolute atomic E-state index is 0.920. The number of hydrogen-bond acceptors (Lipinski definition) is 1. The Balaban J connectivity index is 1.89. The van der Waals surface area contributed by atoms with Crippen LogP contribution in [0.4, 0.5) is 0 Å². The SMILES string of the molecule is c1ccc(-c2c[n+]3c4ncccc4c4cccc5c4c3n2C5)cc1. The summed E-state index contributed by atoms with van der Waals surface area (Å²) < 4.78 is 4.68. The maximum atomic E-state index is 4.68. The van der Waals surface area contributed by atoms with E-state index >= 15 is 0 Å². The van der Waals surface area contributed by atoms with E-state index in [2.05, 4.69) is 74.7 Å². The summed E-state index contributed by atoms with van der Waals surface area (Å²) in [5.74, 6) is 0. The van der Waals surface area contributed by atoms with Gasteiger partial charge in [0.1, 0.15) is 18.1 Å². The highest BCUT2D eigenvalue weighted by atomic mass is 15.2. The average molecular weight is 308 g/mol. The van der Waals surface area contributed by atoms with Gasteiger partial charge in [0.15, 0.2) is 0 Å². The molecule has 0 amide bonds. The standard InChI is InChI=1S/C21H14N3/c1-2-6-14(7-3-1)18-13-24-20-17(10-5-11-22-20)16-9-4-8-15-12-23(18)21(24)19(15)16/h1-11,13H,12H2/q+1. The van der Waals surface area contributed by atoms with E-state index in [0.29, 0.717) is 0 Å². The lowest BCUT2D eigenvalue weighted by Crippen LogP contribution is -2.21. The molecule has 0 atom stereocenters. The smallest absolute Gasteiger partial charge is 0.251 e. The molecule has 112 valence electrons. The molecule has 1 aliphatic heterocycles. The van der Waals surface area contributed by atoms with Crippen LogP contribution in [0.2, 0.25) is 0 Å². The molecule has 0 N–H and O–H groups in total. The second kappa shape index (κ2) is 4.20. The van der Waals surface area contributed by atoms with Crippen molar-refractivity contribution < 1.29 is 4.40 Å². The molecule has 0 saturated heterocycles. The molecule has 0 saturated carbocycles. The Hall–Kier alpha value is -3.20. The second-order valence-electron chi connectivity index (χ2n) is 6.37. The first kappa shape index (κ1) is 12.3. The lowest BCUT2D eigenvalue weighted by Gasteiger charge is -2.02. The molecule has 3 nitrogen and oxygen atoms in total. The third kappa shape index (κ3) is 1.38. The van der Waals surface area contributed by atoms with Crippen molar-refractivity contribution in [2.24, 2.45) is 0 Å². The van der Waals surface area contributed by atoms with Gasteiger partial charge in [0.05, 0.1) is 17.3 Å². The van der Waals surface area contributed by atoms with Crippen LogP contribution in [0.25, 0.3) is 38.7 Å². The molecule has 1 aliphatic rings. The molecular formula is C21H14N3+. The van der Waals surface area contributed by atoms with Crippen molar-refractivity contribution in [2.75, 3.05) is 0 Å². The van der Waals surface area contributed by atoms with Crippen LogP contribution in [0, 0.1) is 0 Å². The number of rotatable bonds is 1. The van der Waals surface area contributed by atoms with Gasteiger partial charge in [-0.25, -0.2) is 0 Å². The minimum Gasteiger partial charge on any atom is -0.251 e. The molecule has 2 aromatic carbocycles. The molecule has 0 unspecified atom stereocenters. The molecule has 0 fully saturated rings. The summed E-state index contributed by atoms with van der Waals surface area (Å²) in [4.78, 5) is 4.68. The number of pyridine rings is 2. The molecule has 3 heteroatoms. The summed E-state index contributed by atoms with van der Waals surface area (Å²) in [5.41, 5.74) is 6.15. The molecule has 5 aromatic rings. The summed E-state index contributed by atoms with van der Waals surface area (Å²) in [5, 5.41) is 3.87. The third-order valence-corrected chi connectivity index (χ3v) is 5.10. The van der Waals surface area contributed by atoms with Gasteiger partial charge in [0.25, 0.3) is 5.65 Å². The Morgan fingerprint density at radius 3 is 2.67 bits per heavy atom. The Bertz CT molecular complexity index is 1270. The highest BCUT2D eigenvalue weighted by molar-refractivity contribution is 6.10. The van der Waals surface area contributed by atoms with E-state index in [0.717, 1.165) is 12.2 Å². The number of fused-ring (bicyclic) bond motifs is 3. The number of imidazole rings is 1. The number of hydrogen-bond donors (Lipinski definition) is 0. The first-order valence-corrected chi connectivity index (χ1v) is 8.20. The van der Waals surface area contributed by atoms with Gasteiger partial charge in [-0.15, -0.1) is 4.98 Å². The molecule has 24 heavy (non-hydrogen) atoms. The normalized spacial score (nSPS) is 12.8. The lowest BCUT2D eigenvalue weighted by atomic mass is 10.0. The fourth-order valence-corrected chi connectivity index (χ4v) is 4.10. The molecular weight excluding hydrogens is 294 g/mol. The molecule has 0 aliphatic carbocycles.